The summed E-state index contributed by atoms with van der Waals surface area (Å²) in [6, 6.07) is 21.8. The first kappa shape index (κ1) is 36.2. The van der Waals surface area contributed by atoms with E-state index in [4.69, 9.17) is 37.7 Å². The largest absolute Gasteiger partial charge is 0.490 e. The van der Waals surface area contributed by atoms with Gasteiger partial charge >= 0.3 is 6.03 Å². The smallest absolute Gasteiger partial charge is 0.326 e. The molecule has 0 N–H and O–H groups in total. The molecule has 0 bridgehead atoms. The molecule has 2 aliphatic rings. The van der Waals surface area contributed by atoms with Gasteiger partial charge in [-0.25, -0.2) is 4.79 Å². The summed E-state index contributed by atoms with van der Waals surface area (Å²) in [5.41, 5.74) is 1.83. The lowest BCUT2D eigenvalue weighted by molar-refractivity contribution is 0.0837. The summed E-state index contributed by atoms with van der Waals surface area (Å²) >= 11 is 12.8. The number of nitrogens with zero attached hydrogens (tertiary/aromatic N) is 4. The summed E-state index contributed by atoms with van der Waals surface area (Å²) in [6.07, 6.45) is 0.881. The Morgan fingerprint density at radius 2 is 1.48 bits per heavy atom. The van der Waals surface area contributed by atoms with Crippen LogP contribution in [0.4, 0.5) is 4.79 Å². The second-order valence-electron chi connectivity index (χ2n) is 14.5. The molecule has 3 aromatic rings. The first-order valence-corrected chi connectivity index (χ1v) is 17.7. The van der Waals surface area contributed by atoms with Crippen molar-refractivity contribution in [1.29, 1.82) is 0 Å². The molecule has 2 heterocycles. The van der Waals surface area contributed by atoms with E-state index in [1.54, 1.807) is 7.11 Å². The van der Waals surface area contributed by atoms with Crippen LogP contribution >= 0.6 is 23.2 Å². The molecular weight excluding hydrogens is 643 g/mol. The third-order valence-electron chi connectivity index (χ3n) is 9.86. The number of amidine groups is 1. The zero-order chi connectivity index (χ0) is 34.9. The Hall–Kier alpha value is -3.10. The predicted octanol–water partition coefficient (Wildman–Crippen LogP) is 8.75. The first-order valence-electron chi connectivity index (χ1n) is 16.9. The SMILES string of the molecule is COCCCN1CCN(C(=O)N2C(c3ccc(C(C)(C)C)cc3OC(C)C)=N[C@@](C)(c3ccc(Cl)cc3)[C@@]2(C)c2ccc(Cl)cc2)CC1. The molecule has 2 aliphatic heterocycles. The monoisotopic (exact) mass is 692 g/mol. The Labute approximate surface area is 296 Å². The molecule has 0 aromatic heterocycles. The summed E-state index contributed by atoms with van der Waals surface area (Å²) in [5.74, 6) is 1.28. The van der Waals surface area contributed by atoms with E-state index in [1.807, 2.05) is 72.2 Å². The molecule has 0 radical (unpaired) electrons. The van der Waals surface area contributed by atoms with Gasteiger partial charge in [-0.3, -0.25) is 14.8 Å². The summed E-state index contributed by atoms with van der Waals surface area (Å²) in [6.45, 7) is 19.3. The molecule has 7 nitrogen and oxygen atoms in total. The number of methoxy groups -OCH3 is 1. The van der Waals surface area contributed by atoms with Gasteiger partial charge in [0, 0.05) is 56.5 Å². The van der Waals surface area contributed by atoms with E-state index in [-0.39, 0.29) is 17.6 Å². The summed E-state index contributed by atoms with van der Waals surface area (Å²) in [7, 11) is 1.73. The molecule has 2 atom stereocenters. The van der Waals surface area contributed by atoms with Gasteiger partial charge in [-0.2, -0.15) is 0 Å². The number of urea groups is 1. The van der Waals surface area contributed by atoms with E-state index >= 15 is 4.79 Å². The number of rotatable bonds is 9. The minimum absolute atomic E-state index is 0.0818. The zero-order valence-corrected chi connectivity index (χ0v) is 31.2. The van der Waals surface area contributed by atoms with Crippen molar-refractivity contribution in [1.82, 2.24) is 14.7 Å². The highest BCUT2D eigenvalue weighted by Gasteiger charge is 2.60. The molecule has 1 saturated heterocycles. The van der Waals surface area contributed by atoms with Crippen molar-refractivity contribution in [3.8, 4) is 5.75 Å². The van der Waals surface area contributed by atoms with Crippen molar-refractivity contribution in [3.05, 3.63) is 99.0 Å². The van der Waals surface area contributed by atoms with Gasteiger partial charge in [-0.1, -0.05) is 74.3 Å². The molecule has 0 aliphatic carbocycles. The maximum absolute atomic E-state index is 15.2. The van der Waals surface area contributed by atoms with Gasteiger partial charge in [0.25, 0.3) is 0 Å². The molecule has 258 valence electrons. The van der Waals surface area contributed by atoms with E-state index in [0.29, 0.717) is 34.7 Å². The quantitative estimate of drug-likeness (QED) is 0.211. The molecule has 9 heteroatoms. The van der Waals surface area contributed by atoms with E-state index < -0.39 is 11.1 Å². The van der Waals surface area contributed by atoms with Crippen molar-refractivity contribution in [2.24, 2.45) is 4.99 Å². The maximum atomic E-state index is 15.2. The number of benzene rings is 3. The Kier molecular flexibility index (Phi) is 10.9. The highest BCUT2D eigenvalue weighted by atomic mass is 35.5. The molecule has 48 heavy (non-hydrogen) atoms. The van der Waals surface area contributed by atoms with Crippen molar-refractivity contribution < 1.29 is 14.3 Å². The topological polar surface area (TPSA) is 57.6 Å². The average molecular weight is 694 g/mol. The van der Waals surface area contributed by atoms with Crippen LogP contribution in [0.5, 0.6) is 5.75 Å². The molecular formula is C39H50Cl2N4O3. The van der Waals surface area contributed by atoms with Gasteiger partial charge in [0.1, 0.15) is 22.7 Å². The van der Waals surface area contributed by atoms with Crippen molar-refractivity contribution in [2.45, 2.75) is 77.5 Å². The fraction of sp³-hybridized carbons (Fsp3) is 0.487. The summed E-state index contributed by atoms with van der Waals surface area (Å²) in [4.78, 5) is 27.1. The second kappa shape index (κ2) is 14.4. The molecule has 0 spiro atoms. The minimum Gasteiger partial charge on any atom is -0.490 e. The standard InChI is InChI=1S/C39H50Cl2N4O3/c1-27(2)48-34-26-30(37(3,4)5)14-19-33(34)35-42-38(6,28-10-15-31(40)16-11-28)39(7,29-12-17-32(41)18-13-29)45(35)36(46)44-23-21-43(22-24-44)20-9-25-47-8/h10-19,26-27H,9,20-25H2,1-8H3/t38-,39+/m0/s1. The van der Waals surface area contributed by atoms with E-state index in [9.17, 15) is 0 Å². The Morgan fingerprint density at radius 1 is 0.896 bits per heavy atom. The lowest BCUT2D eigenvalue weighted by atomic mass is 9.71. The summed E-state index contributed by atoms with van der Waals surface area (Å²) in [5, 5.41) is 1.27. The van der Waals surface area contributed by atoms with Crippen LogP contribution in [0.3, 0.4) is 0 Å². The van der Waals surface area contributed by atoms with Gasteiger partial charge in [-0.15, -0.1) is 0 Å². The van der Waals surface area contributed by atoms with Crippen LogP contribution in [-0.4, -0.2) is 79.1 Å². The van der Waals surface area contributed by atoms with Crippen molar-refractivity contribution in [3.63, 3.8) is 0 Å². The van der Waals surface area contributed by atoms with Gasteiger partial charge in [0.05, 0.1) is 11.7 Å². The number of aliphatic imine (C=N–C) groups is 1. The highest BCUT2D eigenvalue weighted by molar-refractivity contribution is 6.30. The Bertz CT molecular complexity index is 1610. The zero-order valence-electron chi connectivity index (χ0n) is 29.6. The minimum atomic E-state index is -0.953. The van der Waals surface area contributed by atoms with Crippen molar-refractivity contribution in [2.75, 3.05) is 46.4 Å². The fourth-order valence-corrected chi connectivity index (χ4v) is 7.08. The van der Waals surface area contributed by atoms with E-state index in [2.05, 4.69) is 57.7 Å². The Balaban J connectivity index is 1.70. The van der Waals surface area contributed by atoms with Gasteiger partial charge in [0.2, 0.25) is 0 Å². The van der Waals surface area contributed by atoms with Gasteiger partial charge in [-0.05, 0) is 92.6 Å². The molecule has 1 fully saturated rings. The average Bonchev–Trinajstić information content (AvgIpc) is 3.29. The van der Waals surface area contributed by atoms with Crippen LogP contribution in [0, 0.1) is 0 Å². The van der Waals surface area contributed by atoms with Crippen LogP contribution in [0.15, 0.2) is 71.7 Å². The fourth-order valence-electron chi connectivity index (χ4n) is 6.83. The number of ether oxygens (including phenoxy) is 2. The van der Waals surface area contributed by atoms with Crippen LogP contribution < -0.4 is 4.74 Å². The summed E-state index contributed by atoms with van der Waals surface area (Å²) < 4.78 is 11.8. The van der Waals surface area contributed by atoms with Crippen LogP contribution in [0.1, 0.15) is 77.1 Å². The number of halogens is 2. The number of carbonyl (C=O) groups is 1. The Morgan fingerprint density at radius 3 is 2.02 bits per heavy atom. The molecule has 0 saturated carbocycles. The van der Waals surface area contributed by atoms with Gasteiger partial charge in [0.15, 0.2) is 0 Å². The lowest BCUT2D eigenvalue weighted by Gasteiger charge is -2.47. The van der Waals surface area contributed by atoms with E-state index in [1.165, 1.54) is 0 Å². The second-order valence-corrected chi connectivity index (χ2v) is 15.4. The third kappa shape index (κ3) is 7.11. The number of hydrogen-bond donors (Lipinski definition) is 0. The van der Waals surface area contributed by atoms with Crippen LogP contribution in [-0.2, 0) is 21.2 Å². The number of carbonyl (C=O) groups excluding carboxylic acids is 1. The number of hydrogen-bond acceptors (Lipinski definition) is 5. The van der Waals surface area contributed by atoms with E-state index in [0.717, 1.165) is 54.9 Å². The predicted molar refractivity (Wildman–Crippen MR) is 197 cm³/mol. The lowest BCUT2D eigenvalue weighted by Crippen LogP contribution is -2.60. The van der Waals surface area contributed by atoms with Crippen LogP contribution in [0.25, 0.3) is 0 Å². The molecule has 2 amide bonds. The number of piperazine rings is 1. The van der Waals surface area contributed by atoms with Gasteiger partial charge < -0.3 is 14.4 Å². The number of amides is 2. The molecule has 3 aromatic carbocycles. The first-order chi connectivity index (χ1) is 22.7. The highest BCUT2D eigenvalue weighted by Crippen LogP contribution is 2.54. The normalized spacial score (nSPS) is 21.9. The maximum Gasteiger partial charge on any atom is 0.326 e. The van der Waals surface area contributed by atoms with Crippen molar-refractivity contribution >= 4 is 35.1 Å². The molecule has 5 rings (SSSR count). The molecule has 0 unspecified atom stereocenters. The van der Waals surface area contributed by atoms with Crippen LogP contribution in [0.2, 0.25) is 10.0 Å². The third-order valence-corrected chi connectivity index (χ3v) is 10.4.